The third kappa shape index (κ3) is 25.5. The van der Waals surface area contributed by atoms with Gasteiger partial charge in [-0.1, -0.05) is 70.4 Å². The molecule has 7 heteroatoms. The van der Waals surface area contributed by atoms with Crippen LogP contribution < -0.4 is 5.32 Å². The van der Waals surface area contributed by atoms with Crippen LogP contribution in [0.2, 0.25) is 0 Å². The van der Waals surface area contributed by atoms with E-state index in [1.807, 2.05) is 14.1 Å². The summed E-state index contributed by atoms with van der Waals surface area (Å²) in [5.74, 6) is -0.0641. The van der Waals surface area contributed by atoms with Crippen molar-refractivity contribution >= 4 is 16.0 Å². The second-order valence-electron chi connectivity index (χ2n) is 10.1. The van der Waals surface area contributed by atoms with Crippen molar-refractivity contribution in [2.45, 2.75) is 110 Å². The van der Waals surface area contributed by atoms with Crippen LogP contribution in [0.4, 0.5) is 0 Å². The van der Waals surface area contributed by atoms with Crippen LogP contribution in [0.25, 0.3) is 0 Å². The third-order valence-electron chi connectivity index (χ3n) is 6.09. The lowest BCUT2D eigenvalue weighted by Gasteiger charge is -2.29. The van der Waals surface area contributed by atoms with Crippen molar-refractivity contribution in [3.05, 3.63) is 12.2 Å². The van der Waals surface area contributed by atoms with Crippen LogP contribution in [-0.2, 0) is 14.9 Å². The number of unbranched alkanes of at least 4 members (excludes halogenated alkanes) is 11. The summed E-state index contributed by atoms with van der Waals surface area (Å²) >= 11 is 0. The minimum absolute atomic E-state index is 0.129. The Balaban J connectivity index is 3.48. The van der Waals surface area contributed by atoms with Crippen LogP contribution in [0.5, 0.6) is 0 Å². The Labute approximate surface area is 204 Å². The highest BCUT2D eigenvalue weighted by molar-refractivity contribution is 7.85. The number of allylic oxidation sites excluding steroid dienone is 2. The number of carbonyl (C=O) groups is 1. The van der Waals surface area contributed by atoms with Crippen LogP contribution in [-0.4, -0.2) is 62.8 Å². The number of carbonyl (C=O) groups excluding carboxylic acids is 1. The molecule has 0 fully saturated rings. The quantitative estimate of drug-likeness (QED) is 0.0812. The van der Waals surface area contributed by atoms with E-state index < -0.39 is 10.1 Å². The molecule has 0 bridgehead atoms. The summed E-state index contributed by atoms with van der Waals surface area (Å²) in [6.45, 7) is 4.46. The molecule has 1 amide bonds. The molecule has 0 aliphatic carbocycles. The first kappa shape index (κ1) is 32.1. The average molecular weight is 490 g/mol. The summed E-state index contributed by atoms with van der Waals surface area (Å²) in [6.07, 6.45) is 22.9. The first-order chi connectivity index (χ1) is 15.7. The molecule has 0 aromatic heterocycles. The highest BCUT2D eigenvalue weighted by atomic mass is 32.2. The van der Waals surface area contributed by atoms with E-state index in [4.69, 9.17) is 4.55 Å². The fraction of sp³-hybridized carbons (Fsp3) is 0.885. The number of hydrogen-bond donors (Lipinski definition) is 2. The zero-order valence-electron chi connectivity index (χ0n) is 21.8. The van der Waals surface area contributed by atoms with Crippen LogP contribution in [0.15, 0.2) is 12.2 Å². The van der Waals surface area contributed by atoms with Gasteiger partial charge >= 0.3 is 0 Å². The lowest BCUT2D eigenvalue weighted by molar-refractivity contribution is -0.890. The van der Waals surface area contributed by atoms with Crippen LogP contribution in [0.3, 0.4) is 0 Å². The van der Waals surface area contributed by atoms with E-state index in [0.717, 1.165) is 25.8 Å². The molecule has 0 unspecified atom stereocenters. The van der Waals surface area contributed by atoms with E-state index in [1.54, 1.807) is 0 Å². The molecule has 33 heavy (non-hydrogen) atoms. The number of nitrogens with one attached hydrogen (secondary N) is 1. The average Bonchev–Trinajstić information content (AvgIpc) is 2.73. The zero-order chi connectivity index (χ0) is 24.8. The summed E-state index contributed by atoms with van der Waals surface area (Å²) < 4.78 is 31.1. The molecular weight excluding hydrogens is 436 g/mol. The standard InChI is InChI=1S/C26H52N2O4S/c1-4-5-6-7-8-9-10-11-12-13-14-15-16-17-18-21-26(29)27-22-19-23-28(2,3)24-20-25-33(30,31)32/h11-12H,4-10,13-25H2,1-3H3,(H-,27,29,30,31,32)/p+1/b12-11-. The molecule has 0 radical (unpaired) electrons. The van der Waals surface area contributed by atoms with Crippen molar-refractivity contribution in [1.82, 2.24) is 5.32 Å². The molecular formula is C26H53N2O4S+. The normalized spacial score (nSPS) is 12.5. The van der Waals surface area contributed by atoms with Gasteiger partial charge in [0.05, 0.1) is 32.9 Å². The van der Waals surface area contributed by atoms with Gasteiger partial charge in [-0.25, -0.2) is 0 Å². The van der Waals surface area contributed by atoms with Gasteiger partial charge < -0.3 is 9.80 Å². The first-order valence-electron chi connectivity index (χ1n) is 13.3. The van der Waals surface area contributed by atoms with Gasteiger partial charge in [-0.3, -0.25) is 9.35 Å². The Morgan fingerprint density at radius 2 is 1.30 bits per heavy atom. The van der Waals surface area contributed by atoms with Gasteiger partial charge in [0.2, 0.25) is 5.91 Å². The van der Waals surface area contributed by atoms with E-state index >= 15 is 0 Å². The summed E-state index contributed by atoms with van der Waals surface area (Å²) in [4.78, 5) is 12.0. The number of amides is 1. The SMILES string of the molecule is CCCCCCCC/C=C\CCCCCCCC(=O)NCCC[N+](C)(C)CCCS(=O)(=O)O. The van der Waals surface area contributed by atoms with Crippen molar-refractivity contribution in [1.29, 1.82) is 0 Å². The van der Waals surface area contributed by atoms with Gasteiger partial charge in [0, 0.05) is 25.8 Å². The maximum Gasteiger partial charge on any atom is 0.265 e. The lowest BCUT2D eigenvalue weighted by atomic mass is 10.1. The van der Waals surface area contributed by atoms with Crippen LogP contribution >= 0.6 is 0 Å². The topological polar surface area (TPSA) is 83.5 Å². The minimum atomic E-state index is -3.88. The maximum atomic E-state index is 12.0. The maximum absolute atomic E-state index is 12.0. The van der Waals surface area contributed by atoms with Crippen molar-refractivity contribution in [3.8, 4) is 0 Å². The first-order valence-corrected chi connectivity index (χ1v) is 15.0. The zero-order valence-corrected chi connectivity index (χ0v) is 22.6. The Morgan fingerprint density at radius 3 is 1.88 bits per heavy atom. The number of nitrogens with zero attached hydrogens (tertiary/aromatic N) is 1. The molecule has 0 saturated heterocycles. The molecule has 0 spiro atoms. The summed E-state index contributed by atoms with van der Waals surface area (Å²) in [7, 11) is 0.199. The van der Waals surface area contributed by atoms with Crippen molar-refractivity contribution in [2.75, 3.05) is 39.5 Å². The third-order valence-corrected chi connectivity index (χ3v) is 6.90. The molecule has 0 saturated carbocycles. The molecule has 0 aromatic carbocycles. The molecule has 0 atom stereocenters. The van der Waals surface area contributed by atoms with Crippen molar-refractivity contribution in [2.24, 2.45) is 0 Å². The van der Waals surface area contributed by atoms with E-state index in [0.29, 0.717) is 30.4 Å². The largest absolute Gasteiger partial charge is 0.356 e. The molecule has 0 rings (SSSR count). The van der Waals surface area contributed by atoms with E-state index in [2.05, 4.69) is 24.4 Å². The summed E-state index contributed by atoms with van der Waals surface area (Å²) in [6, 6.07) is 0. The van der Waals surface area contributed by atoms with Gasteiger partial charge in [0.15, 0.2) is 0 Å². The number of hydrogen-bond acceptors (Lipinski definition) is 3. The van der Waals surface area contributed by atoms with Crippen molar-refractivity contribution in [3.63, 3.8) is 0 Å². The fourth-order valence-electron chi connectivity index (χ4n) is 3.97. The predicted octanol–water partition coefficient (Wildman–Crippen LogP) is 5.88. The Bertz CT molecular complexity index is 603. The summed E-state index contributed by atoms with van der Waals surface area (Å²) in [5.41, 5.74) is 0. The molecule has 0 aliphatic rings. The second-order valence-corrected chi connectivity index (χ2v) is 11.6. The highest BCUT2D eigenvalue weighted by Crippen LogP contribution is 2.10. The second kappa shape index (κ2) is 20.5. The van der Waals surface area contributed by atoms with Gasteiger partial charge in [0.25, 0.3) is 10.1 Å². The molecule has 0 heterocycles. The number of rotatable bonds is 23. The smallest absolute Gasteiger partial charge is 0.265 e. The predicted molar refractivity (Wildman–Crippen MR) is 140 cm³/mol. The van der Waals surface area contributed by atoms with Gasteiger partial charge in [0.1, 0.15) is 0 Å². The van der Waals surface area contributed by atoms with Gasteiger partial charge in [-0.05, 0) is 32.1 Å². The Kier molecular flexibility index (Phi) is 19.9. The van der Waals surface area contributed by atoms with E-state index in [1.165, 1.54) is 70.6 Å². The molecule has 2 N–H and O–H groups in total. The number of quaternary nitrogens is 1. The van der Waals surface area contributed by atoms with Crippen LogP contribution in [0, 0.1) is 0 Å². The van der Waals surface area contributed by atoms with E-state index in [-0.39, 0.29) is 11.7 Å². The molecule has 196 valence electrons. The van der Waals surface area contributed by atoms with Gasteiger partial charge in [-0.15, -0.1) is 0 Å². The summed E-state index contributed by atoms with van der Waals surface area (Å²) in [5, 5.41) is 2.99. The highest BCUT2D eigenvalue weighted by Gasteiger charge is 2.16. The van der Waals surface area contributed by atoms with Crippen LogP contribution in [0.1, 0.15) is 110 Å². The molecule has 0 aliphatic heterocycles. The Hall–Kier alpha value is -0.920. The lowest BCUT2D eigenvalue weighted by Crippen LogP contribution is -2.43. The van der Waals surface area contributed by atoms with Crippen molar-refractivity contribution < 1.29 is 22.2 Å². The fourth-order valence-corrected chi connectivity index (χ4v) is 4.46. The van der Waals surface area contributed by atoms with Gasteiger partial charge in [-0.2, -0.15) is 8.42 Å². The van der Waals surface area contributed by atoms with E-state index in [9.17, 15) is 13.2 Å². The minimum Gasteiger partial charge on any atom is -0.356 e. The monoisotopic (exact) mass is 489 g/mol. The molecule has 0 aromatic rings. The Morgan fingerprint density at radius 1 is 0.788 bits per heavy atom. The molecule has 6 nitrogen and oxygen atoms in total.